The van der Waals surface area contributed by atoms with Gasteiger partial charge in [-0.3, -0.25) is 4.79 Å². The first-order valence-corrected chi connectivity index (χ1v) is 12.6. The lowest BCUT2D eigenvalue weighted by molar-refractivity contribution is 0.103. The van der Waals surface area contributed by atoms with Gasteiger partial charge in [0, 0.05) is 26.2 Å². The second-order valence-electron chi connectivity index (χ2n) is 7.62. The van der Waals surface area contributed by atoms with Gasteiger partial charge in [-0.25, -0.2) is 8.42 Å². The van der Waals surface area contributed by atoms with Crippen LogP contribution in [0.25, 0.3) is 0 Å². The molecule has 0 aliphatic carbocycles. The monoisotopic (exact) mass is 433 g/mol. The van der Waals surface area contributed by atoms with Crippen molar-refractivity contribution in [1.29, 1.82) is 0 Å². The Morgan fingerprint density at radius 1 is 0.931 bits per heavy atom. The number of nitrogens with zero attached hydrogens (tertiary/aromatic N) is 2. The fraction of sp³-hybridized carbons (Fsp3) is 0.476. The molecule has 6 nitrogen and oxygen atoms in total. The molecule has 0 spiro atoms. The zero-order valence-corrected chi connectivity index (χ0v) is 18.1. The summed E-state index contributed by atoms with van der Waals surface area (Å²) in [4.78, 5) is 15.8. The standard InChI is InChI=1S/C21H27N3O3S2/c25-21(20-8-7-15-28-20)22-18-16-17(29(26,27)24-13-5-2-6-14-24)9-10-19(18)23-11-3-1-4-12-23/h7-10,15-16H,1-6,11-14H2,(H,22,25). The third-order valence-corrected chi connectivity index (χ3v) is 8.37. The largest absolute Gasteiger partial charge is 0.370 e. The second kappa shape index (κ2) is 8.85. The van der Waals surface area contributed by atoms with Gasteiger partial charge < -0.3 is 10.2 Å². The van der Waals surface area contributed by atoms with E-state index < -0.39 is 10.0 Å². The Labute approximate surface area is 176 Å². The lowest BCUT2D eigenvalue weighted by Gasteiger charge is -2.31. The lowest BCUT2D eigenvalue weighted by Crippen LogP contribution is -2.35. The van der Waals surface area contributed by atoms with Crippen molar-refractivity contribution in [3.8, 4) is 0 Å². The van der Waals surface area contributed by atoms with Gasteiger partial charge in [0.25, 0.3) is 5.91 Å². The molecule has 156 valence electrons. The normalized spacial score (nSPS) is 18.6. The first-order chi connectivity index (χ1) is 14.1. The average Bonchev–Trinajstić information content (AvgIpc) is 3.30. The van der Waals surface area contributed by atoms with Crippen LogP contribution in [0.4, 0.5) is 11.4 Å². The molecule has 2 aromatic rings. The van der Waals surface area contributed by atoms with Gasteiger partial charge in [-0.05, 0) is 61.7 Å². The fourth-order valence-electron chi connectivity index (χ4n) is 4.03. The van der Waals surface area contributed by atoms with Crippen molar-refractivity contribution in [3.63, 3.8) is 0 Å². The maximum atomic E-state index is 13.1. The number of carbonyl (C=O) groups is 1. The van der Waals surface area contributed by atoms with Crippen LogP contribution in [0.5, 0.6) is 0 Å². The fourth-order valence-corrected chi connectivity index (χ4v) is 6.20. The maximum absolute atomic E-state index is 13.1. The van der Waals surface area contributed by atoms with Crippen LogP contribution in [0.15, 0.2) is 40.6 Å². The van der Waals surface area contributed by atoms with Crippen molar-refractivity contribution in [3.05, 3.63) is 40.6 Å². The first-order valence-electron chi connectivity index (χ1n) is 10.3. The van der Waals surface area contributed by atoms with Crippen molar-refractivity contribution in [2.75, 3.05) is 36.4 Å². The number of hydrogen-bond acceptors (Lipinski definition) is 5. The molecule has 4 rings (SSSR count). The summed E-state index contributed by atoms with van der Waals surface area (Å²) in [5.41, 5.74) is 1.47. The average molecular weight is 434 g/mol. The highest BCUT2D eigenvalue weighted by Crippen LogP contribution is 2.33. The van der Waals surface area contributed by atoms with E-state index in [0.29, 0.717) is 23.7 Å². The molecule has 1 aromatic heterocycles. The molecule has 2 saturated heterocycles. The van der Waals surface area contributed by atoms with Gasteiger partial charge in [0.1, 0.15) is 0 Å². The zero-order chi connectivity index (χ0) is 20.3. The summed E-state index contributed by atoms with van der Waals surface area (Å²) >= 11 is 1.37. The van der Waals surface area contributed by atoms with E-state index in [0.717, 1.165) is 50.9 Å². The molecule has 3 heterocycles. The Bertz CT molecular complexity index is 946. The number of carbonyl (C=O) groups excluding carboxylic acids is 1. The van der Waals surface area contributed by atoms with E-state index >= 15 is 0 Å². The number of rotatable bonds is 5. The van der Waals surface area contributed by atoms with Gasteiger partial charge >= 0.3 is 0 Å². The Morgan fingerprint density at radius 3 is 2.28 bits per heavy atom. The lowest BCUT2D eigenvalue weighted by atomic mass is 10.1. The molecular formula is C21H27N3O3S2. The van der Waals surface area contributed by atoms with Crippen molar-refractivity contribution in [2.45, 2.75) is 43.4 Å². The van der Waals surface area contributed by atoms with Gasteiger partial charge in [-0.1, -0.05) is 12.5 Å². The number of hydrogen-bond donors (Lipinski definition) is 1. The molecule has 1 aromatic carbocycles. The SMILES string of the molecule is O=C(Nc1cc(S(=O)(=O)N2CCCCC2)ccc1N1CCCCC1)c1cccs1. The summed E-state index contributed by atoms with van der Waals surface area (Å²) in [7, 11) is -3.56. The van der Waals surface area contributed by atoms with Crippen molar-refractivity contribution >= 4 is 38.6 Å². The van der Waals surface area contributed by atoms with E-state index in [1.54, 1.807) is 22.5 Å². The minimum Gasteiger partial charge on any atom is -0.370 e. The molecule has 2 fully saturated rings. The molecule has 1 N–H and O–H groups in total. The third-order valence-electron chi connectivity index (χ3n) is 5.61. The van der Waals surface area contributed by atoms with Crippen molar-refractivity contribution in [1.82, 2.24) is 4.31 Å². The quantitative estimate of drug-likeness (QED) is 0.769. The van der Waals surface area contributed by atoms with Gasteiger partial charge in [0.15, 0.2) is 0 Å². The zero-order valence-electron chi connectivity index (χ0n) is 16.5. The van der Waals surface area contributed by atoms with Gasteiger partial charge in [0.2, 0.25) is 10.0 Å². The molecule has 0 radical (unpaired) electrons. The molecule has 2 aliphatic heterocycles. The highest BCUT2D eigenvalue weighted by Gasteiger charge is 2.27. The van der Waals surface area contributed by atoms with Crippen LogP contribution in [0.2, 0.25) is 0 Å². The summed E-state index contributed by atoms with van der Waals surface area (Å²) in [6.45, 7) is 2.96. The number of sulfonamides is 1. The van der Waals surface area contributed by atoms with E-state index in [2.05, 4.69) is 10.2 Å². The summed E-state index contributed by atoms with van der Waals surface area (Å²) in [6.07, 6.45) is 6.27. The van der Waals surface area contributed by atoms with Crippen LogP contribution in [-0.4, -0.2) is 44.8 Å². The van der Waals surface area contributed by atoms with Crippen LogP contribution in [0.3, 0.4) is 0 Å². The molecule has 0 unspecified atom stereocenters. The Kier molecular flexibility index (Phi) is 6.22. The molecule has 0 atom stereocenters. The topological polar surface area (TPSA) is 69.7 Å². The van der Waals surface area contributed by atoms with Crippen LogP contribution < -0.4 is 10.2 Å². The predicted molar refractivity (Wildman–Crippen MR) is 117 cm³/mol. The molecule has 1 amide bonds. The van der Waals surface area contributed by atoms with Gasteiger partial charge in [-0.15, -0.1) is 11.3 Å². The second-order valence-corrected chi connectivity index (χ2v) is 10.5. The molecular weight excluding hydrogens is 406 g/mol. The summed E-state index contributed by atoms with van der Waals surface area (Å²) in [6, 6.07) is 8.79. The smallest absolute Gasteiger partial charge is 0.265 e. The highest BCUT2D eigenvalue weighted by atomic mass is 32.2. The molecule has 0 bridgehead atoms. The minimum atomic E-state index is -3.56. The number of piperidine rings is 2. The van der Waals surface area contributed by atoms with E-state index in [1.807, 2.05) is 17.5 Å². The van der Waals surface area contributed by atoms with Crippen molar-refractivity contribution in [2.24, 2.45) is 0 Å². The Hall–Kier alpha value is -1.90. The molecule has 0 saturated carbocycles. The number of benzene rings is 1. The summed E-state index contributed by atoms with van der Waals surface area (Å²) in [5.74, 6) is -0.203. The maximum Gasteiger partial charge on any atom is 0.265 e. The van der Waals surface area contributed by atoms with Gasteiger partial charge in [-0.2, -0.15) is 4.31 Å². The van der Waals surface area contributed by atoms with E-state index in [-0.39, 0.29) is 10.8 Å². The highest BCUT2D eigenvalue weighted by molar-refractivity contribution is 7.89. The first kappa shape index (κ1) is 20.4. The summed E-state index contributed by atoms with van der Waals surface area (Å²) < 4.78 is 27.9. The van der Waals surface area contributed by atoms with E-state index in [4.69, 9.17) is 0 Å². The van der Waals surface area contributed by atoms with Crippen LogP contribution >= 0.6 is 11.3 Å². The van der Waals surface area contributed by atoms with Gasteiger partial charge in [0.05, 0.1) is 21.1 Å². The Morgan fingerprint density at radius 2 is 1.62 bits per heavy atom. The van der Waals surface area contributed by atoms with Crippen LogP contribution in [0, 0.1) is 0 Å². The number of amides is 1. The van der Waals surface area contributed by atoms with Crippen LogP contribution in [-0.2, 0) is 10.0 Å². The number of nitrogens with one attached hydrogen (secondary N) is 1. The molecule has 2 aliphatic rings. The summed E-state index contributed by atoms with van der Waals surface area (Å²) in [5, 5.41) is 4.83. The molecule has 29 heavy (non-hydrogen) atoms. The number of anilines is 2. The predicted octanol–water partition coefficient (Wildman–Crippen LogP) is 4.17. The Balaban J connectivity index is 1.68. The van der Waals surface area contributed by atoms with E-state index in [9.17, 15) is 13.2 Å². The third kappa shape index (κ3) is 4.49. The minimum absolute atomic E-state index is 0.203. The number of thiophene rings is 1. The van der Waals surface area contributed by atoms with E-state index in [1.165, 1.54) is 17.8 Å². The van der Waals surface area contributed by atoms with Crippen LogP contribution in [0.1, 0.15) is 48.2 Å². The molecule has 8 heteroatoms. The van der Waals surface area contributed by atoms with Crippen molar-refractivity contribution < 1.29 is 13.2 Å².